The third-order valence-corrected chi connectivity index (χ3v) is 5.42. The molecule has 0 bridgehead atoms. The molecule has 11 heteroatoms. The van der Waals surface area contributed by atoms with Gasteiger partial charge in [0.05, 0.1) is 16.1 Å². The highest BCUT2D eigenvalue weighted by Gasteiger charge is 2.36. The second kappa shape index (κ2) is 9.21. The van der Waals surface area contributed by atoms with Crippen molar-refractivity contribution in [3.05, 3.63) is 39.4 Å². The normalized spacial score (nSPS) is 16.1. The Morgan fingerprint density at radius 1 is 0.967 bits per heavy atom. The summed E-state index contributed by atoms with van der Waals surface area (Å²) in [5.74, 6) is -0.959. The number of fused-ring (bicyclic) bond motifs is 1. The highest BCUT2D eigenvalue weighted by molar-refractivity contribution is 6.21. The van der Waals surface area contributed by atoms with Crippen LogP contribution in [0.3, 0.4) is 0 Å². The fraction of sp³-hybridized carbons (Fsp3) is 0.474. The Kier molecular flexibility index (Phi) is 6.66. The van der Waals surface area contributed by atoms with E-state index in [1.807, 2.05) is 0 Å². The standard InChI is InChI=1S/C19H21ClN4O6/c20-6-5-17(26)22-10-8-21(9-11-22)16(25)2-1-7-23-18(27)14-4-3-13(24(29)30)12-15(14)19(23)28/h3-4,12H,1-2,5-11H2. The van der Waals surface area contributed by atoms with Gasteiger partial charge in [0.25, 0.3) is 17.5 Å². The van der Waals surface area contributed by atoms with Gasteiger partial charge in [-0.2, -0.15) is 0 Å². The molecule has 0 spiro atoms. The van der Waals surface area contributed by atoms with Gasteiger partial charge in [0.15, 0.2) is 0 Å². The van der Waals surface area contributed by atoms with E-state index in [2.05, 4.69) is 0 Å². The second-order valence-corrected chi connectivity index (χ2v) is 7.43. The van der Waals surface area contributed by atoms with E-state index >= 15 is 0 Å². The van der Waals surface area contributed by atoms with Crippen LogP contribution >= 0.6 is 11.6 Å². The van der Waals surface area contributed by atoms with E-state index in [4.69, 9.17) is 11.6 Å². The van der Waals surface area contributed by atoms with Gasteiger partial charge in [-0.05, 0) is 12.5 Å². The number of halogens is 1. The number of nitro benzene ring substituents is 1. The van der Waals surface area contributed by atoms with Crippen molar-refractivity contribution in [2.75, 3.05) is 38.6 Å². The first kappa shape index (κ1) is 21.7. The molecule has 1 aromatic carbocycles. The van der Waals surface area contributed by atoms with E-state index < -0.39 is 16.7 Å². The van der Waals surface area contributed by atoms with Crippen molar-refractivity contribution >= 4 is 40.9 Å². The van der Waals surface area contributed by atoms with Crippen molar-refractivity contribution in [2.24, 2.45) is 0 Å². The van der Waals surface area contributed by atoms with E-state index in [-0.39, 0.29) is 60.3 Å². The van der Waals surface area contributed by atoms with Crippen molar-refractivity contribution in [1.29, 1.82) is 0 Å². The lowest BCUT2D eigenvalue weighted by Crippen LogP contribution is -2.50. The molecule has 2 heterocycles. The van der Waals surface area contributed by atoms with E-state index in [1.165, 1.54) is 12.1 Å². The Bertz CT molecular complexity index is 897. The number of non-ortho nitro benzene ring substituents is 1. The van der Waals surface area contributed by atoms with Crippen LogP contribution < -0.4 is 0 Å². The van der Waals surface area contributed by atoms with Gasteiger partial charge in [-0.15, -0.1) is 11.6 Å². The summed E-state index contributed by atoms with van der Waals surface area (Å²) in [6, 6.07) is 3.57. The predicted molar refractivity (Wildman–Crippen MR) is 106 cm³/mol. The van der Waals surface area contributed by atoms with Crippen molar-refractivity contribution in [3.63, 3.8) is 0 Å². The molecular formula is C19H21ClN4O6. The van der Waals surface area contributed by atoms with Gasteiger partial charge in [-0.25, -0.2) is 0 Å². The molecule has 1 saturated heterocycles. The predicted octanol–water partition coefficient (Wildman–Crippen LogP) is 1.27. The fourth-order valence-electron chi connectivity index (χ4n) is 3.59. The van der Waals surface area contributed by atoms with Gasteiger partial charge >= 0.3 is 0 Å². The lowest BCUT2D eigenvalue weighted by Gasteiger charge is -2.35. The van der Waals surface area contributed by atoms with Gasteiger partial charge in [0.1, 0.15) is 0 Å². The number of alkyl halides is 1. The molecule has 10 nitrogen and oxygen atoms in total. The molecule has 0 aliphatic carbocycles. The summed E-state index contributed by atoms with van der Waals surface area (Å²) in [6.45, 7) is 1.84. The minimum Gasteiger partial charge on any atom is -0.339 e. The SMILES string of the molecule is O=C(CCCl)N1CCN(C(=O)CCCN2C(=O)c3ccc([N+](=O)[O-])cc3C2=O)CC1. The number of piperazine rings is 1. The highest BCUT2D eigenvalue weighted by atomic mass is 35.5. The summed E-state index contributed by atoms with van der Waals surface area (Å²) >= 11 is 5.58. The van der Waals surface area contributed by atoms with Gasteiger partial charge in [-0.1, -0.05) is 0 Å². The Hall–Kier alpha value is -3.01. The number of rotatable bonds is 7. The van der Waals surface area contributed by atoms with Crippen LogP contribution in [0.5, 0.6) is 0 Å². The molecule has 4 amide bonds. The second-order valence-electron chi connectivity index (χ2n) is 7.05. The van der Waals surface area contributed by atoms with Crippen LogP contribution in [-0.4, -0.2) is 81.9 Å². The van der Waals surface area contributed by atoms with Crippen molar-refractivity contribution in [3.8, 4) is 0 Å². The lowest BCUT2D eigenvalue weighted by molar-refractivity contribution is -0.384. The summed E-state index contributed by atoms with van der Waals surface area (Å²) in [4.78, 5) is 63.7. The zero-order chi connectivity index (χ0) is 21.8. The molecule has 0 unspecified atom stereocenters. The molecule has 1 fully saturated rings. The number of carbonyl (C=O) groups excluding carboxylic acids is 4. The quantitative estimate of drug-likeness (QED) is 0.274. The third kappa shape index (κ3) is 4.43. The molecule has 2 aliphatic heterocycles. The molecule has 1 aromatic rings. The van der Waals surface area contributed by atoms with Crippen molar-refractivity contribution in [1.82, 2.24) is 14.7 Å². The van der Waals surface area contributed by atoms with E-state index in [1.54, 1.807) is 9.80 Å². The number of nitrogens with zero attached hydrogens (tertiary/aromatic N) is 4. The smallest absolute Gasteiger partial charge is 0.270 e. The van der Waals surface area contributed by atoms with Gasteiger partial charge < -0.3 is 9.80 Å². The van der Waals surface area contributed by atoms with Crippen LogP contribution in [0.2, 0.25) is 0 Å². The first-order valence-electron chi connectivity index (χ1n) is 9.59. The van der Waals surface area contributed by atoms with Crippen LogP contribution in [-0.2, 0) is 9.59 Å². The van der Waals surface area contributed by atoms with E-state index in [0.29, 0.717) is 26.2 Å². The molecule has 0 saturated carbocycles. The van der Waals surface area contributed by atoms with E-state index in [0.717, 1.165) is 11.0 Å². The number of benzene rings is 1. The van der Waals surface area contributed by atoms with Gasteiger partial charge in [0.2, 0.25) is 11.8 Å². The minimum atomic E-state index is -0.623. The molecule has 2 aliphatic rings. The van der Waals surface area contributed by atoms with Crippen molar-refractivity contribution in [2.45, 2.75) is 19.3 Å². The fourth-order valence-corrected chi connectivity index (χ4v) is 3.75. The Labute approximate surface area is 177 Å². The van der Waals surface area contributed by atoms with Crippen molar-refractivity contribution < 1.29 is 24.1 Å². The Balaban J connectivity index is 1.49. The number of nitro groups is 1. The first-order valence-corrected chi connectivity index (χ1v) is 10.1. The number of amides is 4. The maximum Gasteiger partial charge on any atom is 0.270 e. The maximum atomic E-state index is 12.5. The van der Waals surface area contributed by atoms with Crippen LogP contribution in [0.25, 0.3) is 0 Å². The largest absolute Gasteiger partial charge is 0.339 e. The average molecular weight is 437 g/mol. The van der Waals surface area contributed by atoms with Crippen LogP contribution in [0.4, 0.5) is 5.69 Å². The molecule has 0 atom stereocenters. The van der Waals surface area contributed by atoms with Gasteiger partial charge in [0, 0.05) is 63.6 Å². The minimum absolute atomic E-state index is 0.0123. The Morgan fingerprint density at radius 2 is 1.53 bits per heavy atom. The number of hydrogen-bond acceptors (Lipinski definition) is 6. The molecule has 30 heavy (non-hydrogen) atoms. The molecule has 0 aromatic heterocycles. The molecule has 3 rings (SSSR count). The van der Waals surface area contributed by atoms with Crippen LogP contribution in [0, 0.1) is 10.1 Å². The topological polar surface area (TPSA) is 121 Å². The summed E-state index contributed by atoms with van der Waals surface area (Å²) in [5.41, 5.74) is -0.108. The van der Waals surface area contributed by atoms with Crippen LogP contribution in [0.15, 0.2) is 18.2 Å². The number of hydrogen-bond donors (Lipinski definition) is 0. The first-order chi connectivity index (χ1) is 14.3. The number of imide groups is 1. The molecule has 0 N–H and O–H groups in total. The zero-order valence-corrected chi connectivity index (χ0v) is 17.0. The summed E-state index contributed by atoms with van der Waals surface area (Å²) in [5, 5.41) is 10.9. The van der Waals surface area contributed by atoms with Crippen LogP contribution in [0.1, 0.15) is 40.0 Å². The number of carbonyl (C=O) groups is 4. The summed E-state index contributed by atoms with van der Waals surface area (Å²) in [7, 11) is 0. The lowest BCUT2D eigenvalue weighted by atomic mass is 10.1. The monoisotopic (exact) mass is 436 g/mol. The highest BCUT2D eigenvalue weighted by Crippen LogP contribution is 2.27. The van der Waals surface area contributed by atoms with Gasteiger partial charge in [-0.3, -0.25) is 34.2 Å². The Morgan fingerprint density at radius 3 is 2.10 bits per heavy atom. The zero-order valence-electron chi connectivity index (χ0n) is 16.2. The summed E-state index contributed by atoms with van der Waals surface area (Å²) in [6.07, 6.45) is 0.722. The van der Waals surface area contributed by atoms with E-state index in [9.17, 15) is 29.3 Å². The average Bonchev–Trinajstić information content (AvgIpc) is 2.98. The molecule has 0 radical (unpaired) electrons. The molecule has 160 valence electrons. The maximum absolute atomic E-state index is 12.5. The molecular weight excluding hydrogens is 416 g/mol. The third-order valence-electron chi connectivity index (χ3n) is 5.23. The summed E-state index contributed by atoms with van der Waals surface area (Å²) < 4.78 is 0.